The molecule has 1 heterocycles. The quantitative estimate of drug-likeness (QED) is 0.751. The van der Waals surface area contributed by atoms with Gasteiger partial charge >= 0.3 is 0 Å². The number of carbonyl (C=O) groups is 1. The Morgan fingerprint density at radius 3 is 2.88 bits per heavy atom. The van der Waals surface area contributed by atoms with Gasteiger partial charge in [-0.05, 0) is 31.4 Å². The fraction of sp³-hybridized carbons (Fsp3) is 0.538. The average molecular weight is 235 g/mol. The van der Waals surface area contributed by atoms with Crippen molar-refractivity contribution in [3.63, 3.8) is 0 Å². The first kappa shape index (κ1) is 13.6. The molecule has 4 heteroatoms. The van der Waals surface area contributed by atoms with Crippen LogP contribution in [0.5, 0.6) is 0 Å². The molecule has 4 nitrogen and oxygen atoms in total. The molecule has 1 rings (SSSR count). The summed E-state index contributed by atoms with van der Waals surface area (Å²) in [4.78, 5) is 15.7. The molecule has 0 bridgehead atoms. The first-order chi connectivity index (χ1) is 8.13. The van der Waals surface area contributed by atoms with Gasteiger partial charge in [0.1, 0.15) is 11.6 Å². The second-order valence-corrected chi connectivity index (χ2v) is 4.48. The van der Waals surface area contributed by atoms with E-state index in [1.54, 1.807) is 12.3 Å². The molecule has 1 atom stereocenters. The Kier molecular flexibility index (Phi) is 5.63. The SMILES string of the molecule is CC(CCN)CCC(=O)Cc1cccnc1N. The summed E-state index contributed by atoms with van der Waals surface area (Å²) in [6.07, 6.45) is 4.48. The normalized spacial score (nSPS) is 12.4. The summed E-state index contributed by atoms with van der Waals surface area (Å²) in [6, 6.07) is 3.65. The van der Waals surface area contributed by atoms with Crippen molar-refractivity contribution in [1.29, 1.82) is 0 Å². The smallest absolute Gasteiger partial charge is 0.137 e. The fourth-order valence-electron chi connectivity index (χ4n) is 1.74. The van der Waals surface area contributed by atoms with Crippen LogP contribution in [0, 0.1) is 5.92 Å². The first-order valence-electron chi connectivity index (χ1n) is 6.04. The van der Waals surface area contributed by atoms with Crippen LogP contribution < -0.4 is 11.5 Å². The van der Waals surface area contributed by atoms with E-state index in [0.717, 1.165) is 18.4 Å². The third-order valence-corrected chi connectivity index (χ3v) is 2.89. The molecule has 0 aliphatic heterocycles. The van der Waals surface area contributed by atoms with Crippen LogP contribution in [0.15, 0.2) is 18.3 Å². The Hall–Kier alpha value is -1.42. The molecular weight excluding hydrogens is 214 g/mol. The molecule has 0 amide bonds. The van der Waals surface area contributed by atoms with E-state index in [1.807, 2.05) is 6.07 Å². The lowest BCUT2D eigenvalue weighted by atomic mass is 9.98. The predicted octanol–water partition coefficient (Wildman–Crippen LogP) is 1.54. The molecule has 1 unspecified atom stereocenters. The molecule has 1 aromatic heterocycles. The second kappa shape index (κ2) is 7.01. The molecular formula is C13H21N3O. The zero-order valence-electron chi connectivity index (χ0n) is 10.4. The minimum absolute atomic E-state index is 0.216. The minimum Gasteiger partial charge on any atom is -0.383 e. The van der Waals surface area contributed by atoms with E-state index in [-0.39, 0.29) is 5.78 Å². The summed E-state index contributed by atoms with van der Waals surface area (Å²) in [6.45, 7) is 2.81. The average Bonchev–Trinajstić information content (AvgIpc) is 2.30. The third-order valence-electron chi connectivity index (χ3n) is 2.89. The number of nitrogen functional groups attached to an aromatic ring is 1. The lowest BCUT2D eigenvalue weighted by molar-refractivity contribution is -0.118. The highest BCUT2D eigenvalue weighted by molar-refractivity contribution is 5.81. The van der Waals surface area contributed by atoms with Crippen LogP contribution in [-0.4, -0.2) is 17.3 Å². The molecule has 0 saturated carbocycles. The van der Waals surface area contributed by atoms with Crippen molar-refractivity contribution in [3.8, 4) is 0 Å². The molecule has 0 spiro atoms. The lowest BCUT2D eigenvalue weighted by Crippen LogP contribution is -2.10. The highest BCUT2D eigenvalue weighted by Crippen LogP contribution is 2.13. The van der Waals surface area contributed by atoms with Gasteiger partial charge in [0, 0.05) is 24.6 Å². The highest BCUT2D eigenvalue weighted by Gasteiger charge is 2.09. The Balaban J connectivity index is 2.37. The van der Waals surface area contributed by atoms with Crippen LogP contribution in [-0.2, 0) is 11.2 Å². The standard InChI is InChI=1S/C13H21N3O/c1-10(6-7-14)4-5-12(17)9-11-3-2-8-16-13(11)15/h2-3,8,10H,4-7,9,14H2,1H3,(H2,15,16). The molecule has 17 heavy (non-hydrogen) atoms. The number of hydrogen-bond donors (Lipinski definition) is 2. The van der Waals surface area contributed by atoms with Gasteiger partial charge in [-0.15, -0.1) is 0 Å². The molecule has 0 saturated heterocycles. The number of Topliss-reactive ketones (excluding diaryl/α,β-unsaturated/α-hetero) is 1. The fourth-order valence-corrected chi connectivity index (χ4v) is 1.74. The summed E-state index contributed by atoms with van der Waals surface area (Å²) in [5.74, 6) is 1.18. The minimum atomic E-state index is 0.216. The van der Waals surface area contributed by atoms with Gasteiger partial charge in [-0.3, -0.25) is 4.79 Å². The van der Waals surface area contributed by atoms with Gasteiger partial charge in [0.15, 0.2) is 0 Å². The van der Waals surface area contributed by atoms with Gasteiger partial charge < -0.3 is 11.5 Å². The van der Waals surface area contributed by atoms with Crippen LogP contribution in [0.25, 0.3) is 0 Å². The molecule has 1 aromatic rings. The Bertz CT molecular complexity index is 365. The molecule has 4 N–H and O–H groups in total. The summed E-state index contributed by atoms with van der Waals surface area (Å²) >= 11 is 0. The molecule has 94 valence electrons. The van der Waals surface area contributed by atoms with E-state index in [1.165, 1.54) is 0 Å². The van der Waals surface area contributed by atoms with Crippen LogP contribution in [0.1, 0.15) is 31.7 Å². The Morgan fingerprint density at radius 1 is 1.47 bits per heavy atom. The first-order valence-corrected chi connectivity index (χ1v) is 6.04. The van der Waals surface area contributed by atoms with E-state index in [0.29, 0.717) is 31.1 Å². The summed E-state index contributed by atoms with van der Waals surface area (Å²) in [7, 11) is 0. The number of pyridine rings is 1. The van der Waals surface area contributed by atoms with Crippen molar-refractivity contribution < 1.29 is 4.79 Å². The van der Waals surface area contributed by atoms with Crippen molar-refractivity contribution in [2.45, 2.75) is 32.6 Å². The van der Waals surface area contributed by atoms with Crippen molar-refractivity contribution >= 4 is 11.6 Å². The van der Waals surface area contributed by atoms with Gasteiger partial charge in [0.2, 0.25) is 0 Å². The molecule has 0 radical (unpaired) electrons. The second-order valence-electron chi connectivity index (χ2n) is 4.48. The number of nitrogens with two attached hydrogens (primary N) is 2. The summed E-state index contributed by atoms with van der Waals surface area (Å²) < 4.78 is 0. The van der Waals surface area contributed by atoms with Crippen LogP contribution >= 0.6 is 0 Å². The van der Waals surface area contributed by atoms with Gasteiger partial charge in [-0.2, -0.15) is 0 Å². The molecule has 0 fully saturated rings. The zero-order valence-corrected chi connectivity index (χ0v) is 10.4. The maximum Gasteiger partial charge on any atom is 0.137 e. The van der Waals surface area contributed by atoms with E-state index in [4.69, 9.17) is 11.5 Å². The number of ketones is 1. The van der Waals surface area contributed by atoms with E-state index >= 15 is 0 Å². The van der Waals surface area contributed by atoms with Gasteiger partial charge in [0.25, 0.3) is 0 Å². The largest absolute Gasteiger partial charge is 0.383 e. The maximum absolute atomic E-state index is 11.8. The van der Waals surface area contributed by atoms with Crippen LogP contribution in [0.4, 0.5) is 5.82 Å². The van der Waals surface area contributed by atoms with Crippen molar-refractivity contribution in [1.82, 2.24) is 4.98 Å². The molecule has 0 aliphatic rings. The predicted molar refractivity (Wildman–Crippen MR) is 69.4 cm³/mol. The van der Waals surface area contributed by atoms with Crippen molar-refractivity contribution in [2.75, 3.05) is 12.3 Å². The Labute approximate surface area is 102 Å². The van der Waals surface area contributed by atoms with E-state index in [2.05, 4.69) is 11.9 Å². The van der Waals surface area contributed by atoms with E-state index < -0.39 is 0 Å². The monoisotopic (exact) mass is 235 g/mol. The third kappa shape index (κ3) is 4.95. The highest BCUT2D eigenvalue weighted by atomic mass is 16.1. The van der Waals surface area contributed by atoms with Crippen LogP contribution in [0.2, 0.25) is 0 Å². The van der Waals surface area contributed by atoms with Gasteiger partial charge in [-0.1, -0.05) is 13.0 Å². The summed E-state index contributed by atoms with van der Waals surface area (Å²) in [5.41, 5.74) is 12.0. The van der Waals surface area contributed by atoms with Crippen LogP contribution in [0.3, 0.4) is 0 Å². The number of hydrogen-bond acceptors (Lipinski definition) is 4. The Morgan fingerprint density at radius 2 is 2.24 bits per heavy atom. The number of rotatable bonds is 7. The number of carbonyl (C=O) groups excluding carboxylic acids is 1. The van der Waals surface area contributed by atoms with Crippen molar-refractivity contribution in [3.05, 3.63) is 23.9 Å². The molecule has 0 aromatic carbocycles. The molecule has 0 aliphatic carbocycles. The number of aromatic nitrogens is 1. The van der Waals surface area contributed by atoms with Gasteiger partial charge in [-0.25, -0.2) is 4.98 Å². The van der Waals surface area contributed by atoms with E-state index in [9.17, 15) is 4.79 Å². The summed E-state index contributed by atoms with van der Waals surface area (Å²) in [5, 5.41) is 0. The topological polar surface area (TPSA) is 82.0 Å². The van der Waals surface area contributed by atoms with Gasteiger partial charge in [0.05, 0.1) is 0 Å². The number of anilines is 1. The van der Waals surface area contributed by atoms with Crippen molar-refractivity contribution in [2.24, 2.45) is 11.7 Å². The maximum atomic E-state index is 11.8. The number of nitrogens with zero attached hydrogens (tertiary/aromatic N) is 1. The lowest BCUT2D eigenvalue weighted by Gasteiger charge is -2.09. The zero-order chi connectivity index (χ0) is 12.7.